The summed E-state index contributed by atoms with van der Waals surface area (Å²) in [5.74, 6) is -0.412. The second-order valence-corrected chi connectivity index (χ2v) is 6.23. The average Bonchev–Trinajstić information content (AvgIpc) is 3.15. The molecule has 9 heteroatoms. The minimum absolute atomic E-state index is 0.00175. The monoisotopic (exact) mass is 369 g/mol. The molecule has 0 fully saturated rings. The molecule has 2 amide bonds. The van der Waals surface area contributed by atoms with Gasteiger partial charge in [0.25, 0.3) is 5.91 Å². The molecule has 2 aromatic heterocycles. The van der Waals surface area contributed by atoms with Crippen molar-refractivity contribution in [3.8, 4) is 0 Å². The molecule has 0 spiro atoms. The third-order valence-electron chi connectivity index (χ3n) is 3.36. The Hall–Kier alpha value is -3.33. The summed E-state index contributed by atoms with van der Waals surface area (Å²) in [4.78, 5) is 32.7. The lowest BCUT2D eigenvalue weighted by Crippen LogP contribution is -2.25. The van der Waals surface area contributed by atoms with E-state index in [-0.39, 0.29) is 18.1 Å². The Kier molecular flexibility index (Phi) is 5.18. The summed E-state index contributed by atoms with van der Waals surface area (Å²) >= 11 is 1.17. The number of anilines is 1. The highest BCUT2D eigenvalue weighted by Gasteiger charge is 2.16. The van der Waals surface area contributed by atoms with Crippen LogP contribution >= 0.6 is 11.8 Å². The molecule has 132 valence electrons. The van der Waals surface area contributed by atoms with Gasteiger partial charge in [-0.05, 0) is 24.3 Å². The van der Waals surface area contributed by atoms with E-state index in [2.05, 4.69) is 15.3 Å². The van der Waals surface area contributed by atoms with Gasteiger partial charge in [0.2, 0.25) is 5.91 Å². The number of carbonyl (C=O) groups is 2. The number of hydrogen-bond acceptors (Lipinski definition) is 7. The van der Waals surface area contributed by atoms with Gasteiger partial charge in [-0.25, -0.2) is 9.97 Å². The lowest BCUT2D eigenvalue weighted by molar-refractivity contribution is 0.0941. The molecule has 8 nitrogen and oxygen atoms in total. The van der Waals surface area contributed by atoms with Crippen molar-refractivity contribution < 1.29 is 14.0 Å². The number of rotatable bonds is 6. The van der Waals surface area contributed by atoms with Crippen molar-refractivity contribution in [2.45, 2.75) is 16.5 Å². The molecule has 2 heterocycles. The SMILES string of the molecule is NC(=O)c1ccccc1Sc1cnc(N)c(C(=O)NCc2ccco2)n1. The van der Waals surface area contributed by atoms with Crippen LogP contribution in [0.15, 0.2) is 63.2 Å². The van der Waals surface area contributed by atoms with Gasteiger partial charge in [-0.2, -0.15) is 0 Å². The molecule has 1 aromatic carbocycles. The van der Waals surface area contributed by atoms with E-state index >= 15 is 0 Å². The summed E-state index contributed by atoms with van der Waals surface area (Å²) in [6.07, 6.45) is 2.95. The molecule has 0 radical (unpaired) electrons. The van der Waals surface area contributed by atoms with E-state index in [0.29, 0.717) is 21.2 Å². The van der Waals surface area contributed by atoms with Crippen molar-refractivity contribution in [1.29, 1.82) is 0 Å². The van der Waals surface area contributed by atoms with E-state index in [1.54, 1.807) is 36.4 Å². The molecule has 3 aromatic rings. The van der Waals surface area contributed by atoms with E-state index in [9.17, 15) is 9.59 Å². The Morgan fingerprint density at radius 3 is 2.73 bits per heavy atom. The topological polar surface area (TPSA) is 137 Å². The van der Waals surface area contributed by atoms with Gasteiger partial charge in [-0.1, -0.05) is 23.9 Å². The van der Waals surface area contributed by atoms with Gasteiger partial charge in [0, 0.05) is 4.90 Å². The van der Waals surface area contributed by atoms with Crippen LogP contribution in [0, 0.1) is 0 Å². The zero-order valence-electron chi connectivity index (χ0n) is 13.5. The van der Waals surface area contributed by atoms with E-state index in [1.165, 1.54) is 24.2 Å². The molecule has 0 aliphatic carbocycles. The third-order valence-corrected chi connectivity index (χ3v) is 4.35. The largest absolute Gasteiger partial charge is 0.467 e. The normalized spacial score (nSPS) is 10.5. The number of amides is 2. The quantitative estimate of drug-likeness (QED) is 0.603. The maximum absolute atomic E-state index is 12.3. The van der Waals surface area contributed by atoms with Crippen LogP contribution in [0.2, 0.25) is 0 Å². The van der Waals surface area contributed by atoms with E-state index in [1.807, 2.05) is 0 Å². The van der Waals surface area contributed by atoms with Crippen LogP contribution in [0.3, 0.4) is 0 Å². The molecule has 0 aliphatic heterocycles. The van der Waals surface area contributed by atoms with Crippen LogP contribution < -0.4 is 16.8 Å². The molecule has 3 rings (SSSR count). The highest BCUT2D eigenvalue weighted by molar-refractivity contribution is 7.99. The molecule has 0 saturated carbocycles. The van der Waals surface area contributed by atoms with E-state index < -0.39 is 11.8 Å². The zero-order chi connectivity index (χ0) is 18.5. The van der Waals surface area contributed by atoms with Gasteiger partial charge in [0.15, 0.2) is 11.5 Å². The standard InChI is InChI=1S/C17H15N5O3S/c18-15-14(17(24)21-8-10-4-3-7-25-10)22-13(9-20-15)26-12-6-2-1-5-11(12)16(19)23/h1-7,9H,8H2,(H2,18,20)(H2,19,23)(H,21,24). The van der Waals surface area contributed by atoms with Gasteiger partial charge < -0.3 is 21.2 Å². The van der Waals surface area contributed by atoms with Gasteiger partial charge in [0.1, 0.15) is 10.8 Å². The molecule has 0 aliphatic rings. The Morgan fingerprint density at radius 1 is 1.19 bits per heavy atom. The van der Waals surface area contributed by atoms with Gasteiger partial charge in [-0.3, -0.25) is 9.59 Å². The predicted octanol–water partition coefficient (Wildman–Crippen LogP) is 1.83. The Morgan fingerprint density at radius 2 is 2.00 bits per heavy atom. The smallest absolute Gasteiger partial charge is 0.274 e. The highest BCUT2D eigenvalue weighted by Crippen LogP contribution is 2.29. The van der Waals surface area contributed by atoms with Crippen LogP contribution in [-0.4, -0.2) is 21.8 Å². The maximum atomic E-state index is 12.3. The average molecular weight is 369 g/mol. The summed E-state index contributed by atoms with van der Waals surface area (Å²) in [6, 6.07) is 10.3. The first kappa shape index (κ1) is 17.5. The molecule has 0 unspecified atom stereocenters. The Balaban J connectivity index is 1.79. The first-order valence-corrected chi connectivity index (χ1v) is 8.36. The summed E-state index contributed by atoms with van der Waals surface area (Å²) in [7, 11) is 0. The number of hydrogen-bond donors (Lipinski definition) is 3. The summed E-state index contributed by atoms with van der Waals surface area (Å²) in [5, 5.41) is 3.08. The minimum atomic E-state index is -0.548. The van der Waals surface area contributed by atoms with Crippen molar-refractivity contribution in [3.05, 3.63) is 65.9 Å². The number of carbonyl (C=O) groups excluding carboxylic acids is 2. The second kappa shape index (κ2) is 7.70. The highest BCUT2D eigenvalue weighted by atomic mass is 32.2. The van der Waals surface area contributed by atoms with Crippen LogP contribution in [-0.2, 0) is 6.54 Å². The fraction of sp³-hybridized carbons (Fsp3) is 0.0588. The zero-order valence-corrected chi connectivity index (χ0v) is 14.3. The molecule has 0 bridgehead atoms. The van der Waals surface area contributed by atoms with Crippen molar-refractivity contribution in [2.24, 2.45) is 5.73 Å². The molecular formula is C17H15N5O3S. The maximum Gasteiger partial charge on any atom is 0.274 e. The molecule has 0 atom stereocenters. The minimum Gasteiger partial charge on any atom is -0.467 e. The first-order chi connectivity index (χ1) is 12.5. The number of furan rings is 1. The van der Waals surface area contributed by atoms with Crippen molar-refractivity contribution >= 4 is 29.4 Å². The van der Waals surface area contributed by atoms with Crippen molar-refractivity contribution in [3.63, 3.8) is 0 Å². The molecule has 0 saturated heterocycles. The van der Waals surface area contributed by atoms with Gasteiger partial charge in [0.05, 0.1) is 24.6 Å². The molecule has 26 heavy (non-hydrogen) atoms. The van der Waals surface area contributed by atoms with Crippen LogP contribution in [0.1, 0.15) is 26.6 Å². The first-order valence-electron chi connectivity index (χ1n) is 7.54. The third kappa shape index (κ3) is 4.01. The number of primary amides is 1. The summed E-state index contributed by atoms with van der Waals surface area (Å²) in [5.41, 5.74) is 11.5. The van der Waals surface area contributed by atoms with Gasteiger partial charge >= 0.3 is 0 Å². The Labute approximate surface area is 153 Å². The summed E-state index contributed by atoms with van der Waals surface area (Å²) < 4.78 is 5.16. The fourth-order valence-electron chi connectivity index (χ4n) is 2.13. The second-order valence-electron chi connectivity index (χ2n) is 5.17. The number of nitrogens with one attached hydrogen (secondary N) is 1. The number of nitrogens with zero attached hydrogens (tertiary/aromatic N) is 2. The number of benzene rings is 1. The van der Waals surface area contributed by atoms with Crippen molar-refractivity contribution in [2.75, 3.05) is 5.73 Å². The fourth-order valence-corrected chi connectivity index (χ4v) is 3.03. The van der Waals surface area contributed by atoms with E-state index in [4.69, 9.17) is 15.9 Å². The number of aromatic nitrogens is 2. The predicted molar refractivity (Wildman–Crippen MR) is 95.4 cm³/mol. The van der Waals surface area contributed by atoms with Crippen LogP contribution in [0.25, 0.3) is 0 Å². The van der Waals surface area contributed by atoms with Crippen molar-refractivity contribution in [1.82, 2.24) is 15.3 Å². The number of nitrogen functional groups attached to an aromatic ring is 1. The lowest BCUT2D eigenvalue weighted by atomic mass is 10.2. The van der Waals surface area contributed by atoms with Gasteiger partial charge in [-0.15, -0.1) is 0 Å². The lowest BCUT2D eigenvalue weighted by Gasteiger charge is -2.08. The van der Waals surface area contributed by atoms with Crippen LogP contribution in [0.5, 0.6) is 0 Å². The summed E-state index contributed by atoms with van der Waals surface area (Å²) in [6.45, 7) is 0.203. The van der Waals surface area contributed by atoms with E-state index in [0.717, 1.165) is 0 Å². The molecular weight excluding hydrogens is 354 g/mol. The van der Waals surface area contributed by atoms with Crippen LogP contribution in [0.4, 0.5) is 5.82 Å². The Bertz CT molecular complexity index is 943. The molecule has 5 N–H and O–H groups in total. The number of nitrogens with two attached hydrogens (primary N) is 2.